The van der Waals surface area contributed by atoms with Gasteiger partial charge >= 0.3 is 0 Å². The summed E-state index contributed by atoms with van der Waals surface area (Å²) >= 11 is 0. The lowest BCUT2D eigenvalue weighted by molar-refractivity contribution is 0.0946. The molecule has 0 aliphatic rings. The molecule has 0 saturated carbocycles. The van der Waals surface area contributed by atoms with Crippen molar-refractivity contribution in [3.63, 3.8) is 0 Å². The largest absolute Gasteiger partial charge is 0.497 e. The zero-order chi connectivity index (χ0) is 18.5. The average molecular weight is 357 g/mol. The molecule has 3 rings (SSSR count). The smallest absolute Gasteiger partial charge is 0.257 e. The minimum absolute atomic E-state index is 0.0682. The Morgan fingerprint density at radius 3 is 2.62 bits per heavy atom. The minimum Gasteiger partial charge on any atom is -0.497 e. The van der Waals surface area contributed by atoms with E-state index in [-0.39, 0.29) is 24.2 Å². The Balaban J connectivity index is 1.68. The van der Waals surface area contributed by atoms with Gasteiger partial charge in [-0.1, -0.05) is 5.16 Å². The lowest BCUT2D eigenvalue weighted by Gasteiger charge is -2.09. The lowest BCUT2D eigenvalue weighted by atomic mass is 10.1. The Morgan fingerprint density at radius 2 is 1.92 bits per heavy atom. The van der Waals surface area contributed by atoms with Crippen molar-refractivity contribution < 1.29 is 23.2 Å². The molecule has 134 valence electrons. The highest BCUT2D eigenvalue weighted by Gasteiger charge is 2.15. The van der Waals surface area contributed by atoms with Gasteiger partial charge in [-0.15, -0.1) is 0 Å². The van der Waals surface area contributed by atoms with E-state index in [1.54, 1.807) is 18.2 Å². The van der Waals surface area contributed by atoms with Crippen LogP contribution in [0.15, 0.2) is 47.0 Å². The van der Waals surface area contributed by atoms with Crippen LogP contribution in [0.25, 0.3) is 11.5 Å². The summed E-state index contributed by atoms with van der Waals surface area (Å²) in [7, 11) is 3.00. The van der Waals surface area contributed by atoms with Gasteiger partial charge in [-0.3, -0.25) is 4.79 Å². The van der Waals surface area contributed by atoms with Gasteiger partial charge in [-0.25, -0.2) is 4.39 Å². The summed E-state index contributed by atoms with van der Waals surface area (Å²) < 4.78 is 28.4. The Kier molecular flexibility index (Phi) is 5.12. The first kappa shape index (κ1) is 17.4. The topological polar surface area (TPSA) is 86.5 Å². The molecule has 1 aromatic heterocycles. The van der Waals surface area contributed by atoms with Crippen molar-refractivity contribution >= 4 is 5.91 Å². The van der Waals surface area contributed by atoms with Crippen molar-refractivity contribution in [1.29, 1.82) is 0 Å². The molecule has 1 N–H and O–H groups in total. The molecular formula is C18H16FN3O4. The number of carbonyl (C=O) groups is 1. The van der Waals surface area contributed by atoms with Crippen molar-refractivity contribution in [3.8, 4) is 23.0 Å². The van der Waals surface area contributed by atoms with E-state index < -0.39 is 0 Å². The molecule has 0 aliphatic carbocycles. The molecule has 0 spiro atoms. The van der Waals surface area contributed by atoms with Gasteiger partial charge < -0.3 is 19.3 Å². The highest BCUT2D eigenvalue weighted by atomic mass is 19.1. The number of hydrogen-bond donors (Lipinski definition) is 1. The molecule has 1 heterocycles. The number of rotatable bonds is 6. The third kappa shape index (κ3) is 3.80. The van der Waals surface area contributed by atoms with Gasteiger partial charge in [0.15, 0.2) is 5.82 Å². The molecule has 8 heteroatoms. The first-order chi connectivity index (χ1) is 12.6. The van der Waals surface area contributed by atoms with Crippen LogP contribution in [0.5, 0.6) is 11.5 Å². The fourth-order valence-electron chi connectivity index (χ4n) is 2.28. The fourth-order valence-corrected chi connectivity index (χ4v) is 2.28. The number of amides is 1. The van der Waals surface area contributed by atoms with Crippen LogP contribution in [0.4, 0.5) is 4.39 Å². The van der Waals surface area contributed by atoms with Crippen molar-refractivity contribution in [2.24, 2.45) is 0 Å². The zero-order valence-electron chi connectivity index (χ0n) is 14.2. The van der Waals surface area contributed by atoms with Crippen molar-refractivity contribution in [1.82, 2.24) is 15.5 Å². The molecule has 1 amide bonds. The van der Waals surface area contributed by atoms with E-state index in [0.29, 0.717) is 28.5 Å². The maximum atomic E-state index is 13.0. The lowest BCUT2D eigenvalue weighted by Crippen LogP contribution is -2.24. The van der Waals surface area contributed by atoms with Crippen LogP contribution >= 0.6 is 0 Å². The van der Waals surface area contributed by atoms with Crippen LogP contribution in [0, 0.1) is 5.82 Å². The van der Waals surface area contributed by atoms with Gasteiger partial charge in [0.05, 0.1) is 26.3 Å². The third-order valence-corrected chi connectivity index (χ3v) is 3.62. The third-order valence-electron chi connectivity index (χ3n) is 3.62. The first-order valence-corrected chi connectivity index (χ1v) is 7.69. The summed E-state index contributed by atoms with van der Waals surface area (Å²) in [6, 6.07) is 10.6. The molecule has 2 aromatic carbocycles. The predicted octanol–water partition coefficient (Wildman–Crippen LogP) is 2.82. The van der Waals surface area contributed by atoms with E-state index >= 15 is 0 Å². The van der Waals surface area contributed by atoms with E-state index in [2.05, 4.69) is 15.5 Å². The van der Waals surface area contributed by atoms with E-state index in [9.17, 15) is 9.18 Å². The van der Waals surface area contributed by atoms with Gasteiger partial charge in [-0.2, -0.15) is 4.98 Å². The molecule has 0 atom stereocenters. The van der Waals surface area contributed by atoms with E-state index in [1.165, 1.54) is 38.5 Å². The normalized spacial score (nSPS) is 10.4. The summed E-state index contributed by atoms with van der Waals surface area (Å²) in [4.78, 5) is 16.5. The van der Waals surface area contributed by atoms with Crippen LogP contribution in [-0.4, -0.2) is 30.3 Å². The molecule has 3 aromatic rings. The number of nitrogens with one attached hydrogen (secondary N) is 1. The summed E-state index contributed by atoms with van der Waals surface area (Å²) in [6.07, 6.45) is 0. The number of benzene rings is 2. The van der Waals surface area contributed by atoms with Crippen LogP contribution < -0.4 is 14.8 Å². The molecule has 0 bridgehead atoms. The molecule has 26 heavy (non-hydrogen) atoms. The Labute approximate surface area is 148 Å². The molecular weight excluding hydrogens is 341 g/mol. The van der Waals surface area contributed by atoms with Crippen molar-refractivity contribution in [2.45, 2.75) is 6.54 Å². The number of hydrogen-bond acceptors (Lipinski definition) is 6. The molecule has 0 fully saturated rings. The number of nitrogens with zero attached hydrogens (tertiary/aromatic N) is 2. The van der Waals surface area contributed by atoms with Gasteiger partial charge in [0, 0.05) is 11.6 Å². The highest BCUT2D eigenvalue weighted by molar-refractivity contribution is 5.97. The second kappa shape index (κ2) is 7.64. The Morgan fingerprint density at radius 1 is 1.15 bits per heavy atom. The SMILES string of the molecule is COc1ccc(C(=O)NCc2noc(-c3ccc(F)cc3)n2)c(OC)c1. The van der Waals surface area contributed by atoms with Crippen LogP contribution in [0.1, 0.15) is 16.2 Å². The number of halogens is 1. The summed E-state index contributed by atoms with van der Waals surface area (Å²) in [6.45, 7) is 0.0682. The van der Waals surface area contributed by atoms with Gasteiger partial charge in [0.2, 0.25) is 0 Å². The number of carbonyl (C=O) groups excluding carboxylic acids is 1. The maximum absolute atomic E-state index is 13.0. The fraction of sp³-hybridized carbons (Fsp3) is 0.167. The van der Waals surface area contributed by atoms with E-state index in [0.717, 1.165) is 0 Å². The number of aromatic nitrogens is 2. The second-order valence-corrected chi connectivity index (χ2v) is 5.27. The van der Waals surface area contributed by atoms with Gasteiger partial charge in [-0.05, 0) is 36.4 Å². The average Bonchev–Trinajstić information content (AvgIpc) is 3.15. The monoisotopic (exact) mass is 357 g/mol. The standard InChI is InChI=1S/C18H16FN3O4/c1-24-13-7-8-14(15(9-13)25-2)17(23)20-10-16-21-18(26-22-16)11-3-5-12(19)6-4-11/h3-9H,10H2,1-2H3,(H,20,23). The zero-order valence-corrected chi connectivity index (χ0v) is 14.2. The Bertz CT molecular complexity index is 909. The molecule has 0 saturated heterocycles. The molecule has 0 radical (unpaired) electrons. The Hall–Kier alpha value is -3.42. The number of ether oxygens (including phenoxy) is 2. The van der Waals surface area contributed by atoms with Crippen LogP contribution in [-0.2, 0) is 6.54 Å². The summed E-state index contributed by atoms with van der Waals surface area (Å²) in [5, 5.41) is 6.50. The van der Waals surface area contributed by atoms with Crippen molar-refractivity contribution in [3.05, 3.63) is 59.7 Å². The van der Waals surface area contributed by atoms with Crippen molar-refractivity contribution in [2.75, 3.05) is 14.2 Å². The maximum Gasteiger partial charge on any atom is 0.257 e. The molecule has 0 unspecified atom stereocenters. The predicted molar refractivity (Wildman–Crippen MR) is 90.4 cm³/mol. The van der Waals surface area contributed by atoms with E-state index in [4.69, 9.17) is 14.0 Å². The van der Waals surface area contributed by atoms with Gasteiger partial charge in [0.1, 0.15) is 17.3 Å². The molecule has 7 nitrogen and oxygen atoms in total. The molecule has 0 aliphatic heterocycles. The first-order valence-electron chi connectivity index (χ1n) is 7.69. The quantitative estimate of drug-likeness (QED) is 0.730. The summed E-state index contributed by atoms with van der Waals surface area (Å²) in [5.41, 5.74) is 0.948. The minimum atomic E-state index is -0.353. The summed E-state index contributed by atoms with van der Waals surface area (Å²) in [5.74, 6) is 0.815. The van der Waals surface area contributed by atoms with E-state index in [1.807, 2.05) is 0 Å². The van der Waals surface area contributed by atoms with Crippen LogP contribution in [0.3, 0.4) is 0 Å². The van der Waals surface area contributed by atoms with Crippen LogP contribution in [0.2, 0.25) is 0 Å². The highest BCUT2D eigenvalue weighted by Crippen LogP contribution is 2.24. The van der Waals surface area contributed by atoms with Gasteiger partial charge in [0.25, 0.3) is 11.8 Å². The number of methoxy groups -OCH3 is 2. The second-order valence-electron chi connectivity index (χ2n) is 5.27.